The van der Waals surface area contributed by atoms with E-state index in [0.29, 0.717) is 23.2 Å². The number of fused-ring (bicyclic) bond motifs is 5. The molecule has 0 amide bonds. The zero-order valence-corrected chi connectivity index (χ0v) is 24.9. The first kappa shape index (κ1) is 25.7. The summed E-state index contributed by atoms with van der Waals surface area (Å²) in [6, 6.07) is 50.6. The van der Waals surface area contributed by atoms with Gasteiger partial charge in [0, 0.05) is 36.7 Å². The summed E-state index contributed by atoms with van der Waals surface area (Å²) in [4.78, 5) is 20.2. The van der Waals surface area contributed by atoms with Crippen LogP contribution in [0.15, 0.2) is 146 Å². The number of hydrogen-bond donors (Lipinski definition) is 0. The second-order valence-electron chi connectivity index (χ2n) is 11.1. The van der Waals surface area contributed by atoms with Crippen molar-refractivity contribution in [3.63, 3.8) is 0 Å². The third-order valence-electron chi connectivity index (χ3n) is 8.31. The van der Waals surface area contributed by atoms with Crippen LogP contribution in [-0.4, -0.2) is 19.9 Å². The van der Waals surface area contributed by atoms with Gasteiger partial charge in [0.15, 0.2) is 17.5 Å². The lowest BCUT2D eigenvalue weighted by Gasteiger charge is -2.11. The second-order valence-corrected chi connectivity index (χ2v) is 12.2. The minimum absolute atomic E-state index is 0.553. The Bertz CT molecular complexity index is 2550. The molecule has 5 heteroatoms. The van der Waals surface area contributed by atoms with Crippen molar-refractivity contribution in [1.29, 1.82) is 0 Å². The number of aromatic nitrogens is 4. The van der Waals surface area contributed by atoms with Crippen molar-refractivity contribution in [2.45, 2.75) is 0 Å². The maximum absolute atomic E-state index is 5.12. The van der Waals surface area contributed by atoms with Crippen LogP contribution >= 0.6 is 11.3 Å². The standard InChI is InChI=1S/C40H24N4S/c1-2-9-25(10-3-1)27-17-18-29-24-30(20-19-28(29)23-27)38-42-39(32-13-8-16-36-37(32)31-12-5-7-15-35(31)45-36)44-40(43-38)34-22-21-26-11-4-6-14-33(26)41-34/h1-24H. The maximum atomic E-state index is 5.12. The number of nitrogens with zero attached hydrogens (tertiary/aromatic N) is 4. The van der Waals surface area contributed by atoms with Gasteiger partial charge in [0.1, 0.15) is 5.69 Å². The highest BCUT2D eigenvalue weighted by Crippen LogP contribution is 2.39. The number of hydrogen-bond acceptors (Lipinski definition) is 5. The summed E-state index contributed by atoms with van der Waals surface area (Å²) in [6.07, 6.45) is 0. The SMILES string of the molecule is c1ccc(-c2ccc3cc(-c4nc(-c5ccc6ccccc6n5)nc(-c5cccc6sc7ccccc7c56)n4)ccc3c2)cc1. The van der Waals surface area contributed by atoms with Gasteiger partial charge in [-0.25, -0.2) is 19.9 Å². The highest BCUT2D eigenvalue weighted by molar-refractivity contribution is 7.25. The highest BCUT2D eigenvalue weighted by atomic mass is 32.1. The van der Waals surface area contributed by atoms with E-state index in [2.05, 4.69) is 115 Å². The molecule has 0 radical (unpaired) electrons. The van der Waals surface area contributed by atoms with Gasteiger partial charge in [0.05, 0.1) is 5.52 Å². The van der Waals surface area contributed by atoms with E-state index in [4.69, 9.17) is 19.9 Å². The second kappa shape index (κ2) is 10.4. The number of thiophene rings is 1. The monoisotopic (exact) mass is 592 g/mol. The molecule has 0 saturated heterocycles. The quantitative estimate of drug-likeness (QED) is 0.204. The van der Waals surface area contributed by atoms with Crippen molar-refractivity contribution in [1.82, 2.24) is 19.9 Å². The normalized spacial score (nSPS) is 11.6. The molecule has 0 spiro atoms. The van der Waals surface area contributed by atoms with E-state index in [1.807, 2.05) is 30.3 Å². The third kappa shape index (κ3) is 4.53. The van der Waals surface area contributed by atoms with Gasteiger partial charge in [-0.05, 0) is 58.3 Å². The van der Waals surface area contributed by atoms with Gasteiger partial charge in [0.25, 0.3) is 0 Å². The van der Waals surface area contributed by atoms with Crippen LogP contribution in [0.4, 0.5) is 0 Å². The number of rotatable bonds is 4. The van der Waals surface area contributed by atoms with Gasteiger partial charge in [-0.2, -0.15) is 0 Å². The Morgan fingerprint density at radius 3 is 2.00 bits per heavy atom. The van der Waals surface area contributed by atoms with Crippen LogP contribution in [0.3, 0.4) is 0 Å². The fourth-order valence-electron chi connectivity index (χ4n) is 6.09. The minimum atomic E-state index is 0.553. The average Bonchev–Trinajstić information content (AvgIpc) is 3.50. The average molecular weight is 593 g/mol. The lowest BCUT2D eigenvalue weighted by atomic mass is 10.00. The molecule has 9 aromatic rings. The third-order valence-corrected chi connectivity index (χ3v) is 9.45. The molecule has 0 bridgehead atoms. The summed E-state index contributed by atoms with van der Waals surface area (Å²) in [5.41, 5.74) is 5.94. The zero-order chi connectivity index (χ0) is 29.7. The topological polar surface area (TPSA) is 51.6 Å². The van der Waals surface area contributed by atoms with Crippen LogP contribution in [0.25, 0.3) is 87.3 Å². The van der Waals surface area contributed by atoms with Crippen LogP contribution in [0.2, 0.25) is 0 Å². The van der Waals surface area contributed by atoms with Gasteiger partial charge < -0.3 is 0 Å². The summed E-state index contributed by atoms with van der Waals surface area (Å²) in [6.45, 7) is 0. The number of benzene rings is 6. The Labute approximate surface area is 263 Å². The Morgan fingerprint density at radius 2 is 1.09 bits per heavy atom. The summed E-state index contributed by atoms with van der Waals surface area (Å²) < 4.78 is 2.45. The molecule has 0 N–H and O–H groups in total. The number of pyridine rings is 1. The van der Waals surface area contributed by atoms with Crippen molar-refractivity contribution in [3.8, 4) is 45.4 Å². The van der Waals surface area contributed by atoms with Crippen LogP contribution in [-0.2, 0) is 0 Å². The predicted molar refractivity (Wildman–Crippen MR) is 187 cm³/mol. The van der Waals surface area contributed by atoms with Crippen LogP contribution in [0.5, 0.6) is 0 Å². The minimum Gasteiger partial charge on any atom is -0.244 e. The van der Waals surface area contributed by atoms with Crippen LogP contribution in [0.1, 0.15) is 0 Å². The molecule has 45 heavy (non-hydrogen) atoms. The molecule has 6 aromatic carbocycles. The largest absolute Gasteiger partial charge is 0.244 e. The molecule has 0 fully saturated rings. The van der Waals surface area contributed by atoms with Crippen LogP contribution < -0.4 is 0 Å². The summed E-state index contributed by atoms with van der Waals surface area (Å²) in [5.74, 6) is 1.81. The molecule has 9 rings (SSSR count). The fraction of sp³-hybridized carbons (Fsp3) is 0. The Hall–Kier alpha value is -5.78. The van der Waals surface area contributed by atoms with E-state index in [1.165, 1.54) is 36.7 Å². The molecule has 0 aliphatic carbocycles. The van der Waals surface area contributed by atoms with Gasteiger partial charge in [-0.1, -0.05) is 109 Å². The van der Waals surface area contributed by atoms with Gasteiger partial charge in [0.2, 0.25) is 0 Å². The van der Waals surface area contributed by atoms with Gasteiger partial charge in [-0.3, -0.25) is 0 Å². The first-order valence-corrected chi connectivity index (χ1v) is 15.7. The van der Waals surface area contributed by atoms with Crippen molar-refractivity contribution in [2.24, 2.45) is 0 Å². The molecule has 3 aromatic heterocycles. The molecule has 0 atom stereocenters. The summed E-state index contributed by atoms with van der Waals surface area (Å²) >= 11 is 1.79. The fourth-order valence-corrected chi connectivity index (χ4v) is 7.22. The predicted octanol–water partition coefficient (Wildman–Crippen LogP) is 10.6. The molecule has 210 valence electrons. The lowest BCUT2D eigenvalue weighted by Crippen LogP contribution is -2.01. The van der Waals surface area contributed by atoms with Crippen molar-refractivity contribution < 1.29 is 0 Å². The smallest absolute Gasteiger partial charge is 0.182 e. The van der Waals surface area contributed by atoms with Crippen molar-refractivity contribution >= 4 is 53.2 Å². The molecule has 0 aliphatic heterocycles. The molecular formula is C40H24N4S. The summed E-state index contributed by atoms with van der Waals surface area (Å²) in [5, 5.41) is 5.75. The van der Waals surface area contributed by atoms with Gasteiger partial charge in [-0.15, -0.1) is 11.3 Å². The molecule has 0 unspecified atom stereocenters. The van der Waals surface area contributed by atoms with Crippen LogP contribution in [0, 0.1) is 0 Å². The number of para-hydroxylation sites is 1. The van der Waals surface area contributed by atoms with E-state index in [1.54, 1.807) is 11.3 Å². The molecule has 3 heterocycles. The molecular weight excluding hydrogens is 569 g/mol. The van der Waals surface area contributed by atoms with E-state index < -0.39 is 0 Å². The van der Waals surface area contributed by atoms with E-state index in [9.17, 15) is 0 Å². The Morgan fingerprint density at radius 1 is 0.400 bits per heavy atom. The van der Waals surface area contributed by atoms with E-state index in [-0.39, 0.29) is 0 Å². The first-order chi connectivity index (χ1) is 22.3. The maximum Gasteiger partial charge on any atom is 0.182 e. The van der Waals surface area contributed by atoms with Crippen molar-refractivity contribution in [3.05, 3.63) is 146 Å². The van der Waals surface area contributed by atoms with Crippen molar-refractivity contribution in [2.75, 3.05) is 0 Å². The van der Waals surface area contributed by atoms with Gasteiger partial charge >= 0.3 is 0 Å². The molecule has 0 aliphatic rings. The first-order valence-electron chi connectivity index (χ1n) is 14.9. The van der Waals surface area contributed by atoms with E-state index in [0.717, 1.165) is 27.4 Å². The zero-order valence-electron chi connectivity index (χ0n) is 24.1. The van der Waals surface area contributed by atoms with E-state index >= 15 is 0 Å². The highest BCUT2D eigenvalue weighted by Gasteiger charge is 2.18. The molecule has 0 saturated carbocycles. The Balaban J connectivity index is 1.25. The summed E-state index contributed by atoms with van der Waals surface area (Å²) in [7, 11) is 0. The lowest BCUT2D eigenvalue weighted by molar-refractivity contribution is 1.07. The Kier molecular flexibility index (Phi) is 5.96. The molecule has 4 nitrogen and oxygen atoms in total.